The number of halogens is 1. The normalized spacial score (nSPS) is 12.7. The molecular weight excluding hydrogens is 222 g/mol. The van der Waals surface area contributed by atoms with Gasteiger partial charge in [0.05, 0.1) is 6.04 Å². The summed E-state index contributed by atoms with van der Waals surface area (Å²) in [6, 6.07) is -0.151. The van der Waals surface area contributed by atoms with Crippen molar-refractivity contribution in [1.82, 2.24) is 4.84 Å². The Morgan fingerprint density at radius 2 is 1.62 bits per heavy atom. The second-order valence-corrected chi connectivity index (χ2v) is 4.63. The summed E-state index contributed by atoms with van der Waals surface area (Å²) in [5.74, 6) is 0.256. The summed E-state index contributed by atoms with van der Waals surface area (Å²) in [7, 11) is 0. The Morgan fingerprint density at radius 1 is 1.06 bits per heavy atom. The highest BCUT2D eigenvalue weighted by Crippen LogP contribution is 2.10. The Morgan fingerprint density at radius 3 is 2.12 bits per heavy atom. The Balaban J connectivity index is 3.33. The van der Waals surface area contributed by atoms with Gasteiger partial charge in [-0.1, -0.05) is 52.4 Å². The molecule has 0 radical (unpaired) electrons. The van der Waals surface area contributed by atoms with Gasteiger partial charge in [-0.2, -0.15) is 0 Å². The van der Waals surface area contributed by atoms with Crippen LogP contribution >= 0.6 is 11.8 Å². The number of unbranched alkanes of at least 4 members (excludes halogenated alkanes) is 6. The second-order valence-electron chi connectivity index (χ2n) is 4.41. The Bertz CT molecular complexity index is 169. The van der Waals surface area contributed by atoms with E-state index in [0.29, 0.717) is 6.42 Å². The number of Topliss-reactive ketones (excluding diaryl/α,β-unsaturated/α-hetero) is 1. The molecule has 0 rings (SSSR count). The maximum atomic E-state index is 11.6. The molecule has 0 aromatic heterocycles. The molecule has 0 saturated carbocycles. The van der Waals surface area contributed by atoms with Crippen LogP contribution in [0.15, 0.2) is 0 Å². The molecule has 3 heteroatoms. The van der Waals surface area contributed by atoms with E-state index in [2.05, 4.69) is 11.8 Å². The zero-order chi connectivity index (χ0) is 12.2. The van der Waals surface area contributed by atoms with Gasteiger partial charge in [0.15, 0.2) is 5.78 Å². The molecule has 2 nitrogen and oxygen atoms in total. The monoisotopic (exact) mass is 247 g/mol. The average Bonchev–Trinajstić information content (AvgIpc) is 2.29. The first-order valence-corrected chi connectivity index (χ1v) is 7.02. The third-order valence-electron chi connectivity index (χ3n) is 2.96. The van der Waals surface area contributed by atoms with Gasteiger partial charge < -0.3 is 0 Å². The minimum atomic E-state index is -0.151. The lowest BCUT2D eigenvalue weighted by Gasteiger charge is -2.10. The first-order valence-electron chi connectivity index (χ1n) is 6.65. The van der Waals surface area contributed by atoms with Crippen molar-refractivity contribution >= 4 is 17.6 Å². The van der Waals surface area contributed by atoms with Gasteiger partial charge in [0.1, 0.15) is 0 Å². The van der Waals surface area contributed by atoms with Crippen LogP contribution in [0, 0.1) is 0 Å². The first-order chi connectivity index (χ1) is 7.76. The fraction of sp³-hybridized carbons (Fsp3) is 0.923. The molecule has 0 aromatic rings. The second kappa shape index (κ2) is 11.4. The molecule has 0 aliphatic carbocycles. The Hall–Kier alpha value is -0.0800. The SMILES string of the molecule is CCCCCCCCCC(=O)C(CC)NCl. The molecule has 0 heterocycles. The average molecular weight is 248 g/mol. The van der Waals surface area contributed by atoms with Crippen molar-refractivity contribution in [2.45, 2.75) is 77.7 Å². The van der Waals surface area contributed by atoms with Gasteiger partial charge in [0.25, 0.3) is 0 Å². The minimum Gasteiger partial charge on any atom is -0.298 e. The molecule has 1 atom stereocenters. The maximum absolute atomic E-state index is 11.6. The highest BCUT2D eigenvalue weighted by molar-refractivity contribution is 6.15. The molecule has 0 fully saturated rings. The lowest BCUT2D eigenvalue weighted by Crippen LogP contribution is -2.29. The van der Waals surface area contributed by atoms with Crippen LogP contribution in [0.3, 0.4) is 0 Å². The van der Waals surface area contributed by atoms with Crippen LogP contribution in [0.4, 0.5) is 0 Å². The van der Waals surface area contributed by atoms with Crippen molar-refractivity contribution in [2.75, 3.05) is 0 Å². The van der Waals surface area contributed by atoms with Crippen LogP contribution in [0.25, 0.3) is 0 Å². The van der Waals surface area contributed by atoms with E-state index in [1.807, 2.05) is 6.92 Å². The number of rotatable bonds is 11. The summed E-state index contributed by atoms with van der Waals surface area (Å²) in [5.41, 5.74) is 0. The van der Waals surface area contributed by atoms with Gasteiger partial charge in [-0.15, -0.1) is 0 Å². The summed E-state index contributed by atoms with van der Waals surface area (Å²) in [5, 5.41) is 0. The predicted molar refractivity (Wildman–Crippen MR) is 70.7 cm³/mol. The van der Waals surface area contributed by atoms with Gasteiger partial charge in [-0.25, -0.2) is 4.84 Å². The van der Waals surface area contributed by atoms with Crippen LogP contribution < -0.4 is 4.84 Å². The van der Waals surface area contributed by atoms with Gasteiger partial charge in [0, 0.05) is 6.42 Å². The molecule has 1 N–H and O–H groups in total. The largest absolute Gasteiger partial charge is 0.298 e. The van der Waals surface area contributed by atoms with Crippen molar-refractivity contribution in [3.05, 3.63) is 0 Å². The van der Waals surface area contributed by atoms with E-state index in [9.17, 15) is 4.79 Å². The quantitative estimate of drug-likeness (QED) is 0.438. The Kier molecular flexibility index (Phi) is 11.3. The molecule has 0 aromatic carbocycles. The van der Waals surface area contributed by atoms with Gasteiger partial charge in [-0.3, -0.25) is 4.79 Å². The fourth-order valence-corrected chi connectivity index (χ4v) is 2.07. The van der Waals surface area contributed by atoms with Crippen molar-refractivity contribution < 1.29 is 4.79 Å². The van der Waals surface area contributed by atoms with Crippen molar-refractivity contribution in [2.24, 2.45) is 0 Å². The van der Waals surface area contributed by atoms with Crippen molar-refractivity contribution in [1.29, 1.82) is 0 Å². The van der Waals surface area contributed by atoms with E-state index in [1.165, 1.54) is 38.5 Å². The van der Waals surface area contributed by atoms with Crippen molar-refractivity contribution in [3.8, 4) is 0 Å². The molecule has 0 aliphatic rings. The third-order valence-corrected chi connectivity index (χ3v) is 3.22. The summed E-state index contributed by atoms with van der Waals surface area (Å²) in [4.78, 5) is 14.1. The van der Waals surface area contributed by atoms with Crippen molar-refractivity contribution in [3.63, 3.8) is 0 Å². The minimum absolute atomic E-state index is 0.151. The summed E-state index contributed by atoms with van der Waals surface area (Å²) in [6.07, 6.45) is 10.2. The maximum Gasteiger partial charge on any atom is 0.150 e. The van der Waals surface area contributed by atoms with E-state index in [4.69, 9.17) is 11.8 Å². The summed E-state index contributed by atoms with van der Waals surface area (Å²) < 4.78 is 0. The smallest absolute Gasteiger partial charge is 0.150 e. The summed E-state index contributed by atoms with van der Waals surface area (Å²) in [6.45, 7) is 4.20. The van der Waals surface area contributed by atoms with Crippen LogP contribution in [0.2, 0.25) is 0 Å². The molecule has 1 unspecified atom stereocenters. The number of hydrogen-bond donors (Lipinski definition) is 1. The number of hydrogen-bond acceptors (Lipinski definition) is 2. The first kappa shape index (κ1) is 15.9. The molecular formula is C13H26ClNO. The molecule has 0 bridgehead atoms. The number of carbonyl (C=O) groups excluding carboxylic acids is 1. The van der Waals surface area contributed by atoms with Gasteiger partial charge >= 0.3 is 0 Å². The zero-order valence-corrected chi connectivity index (χ0v) is 11.5. The molecule has 0 amide bonds. The van der Waals surface area contributed by atoms with E-state index in [-0.39, 0.29) is 11.8 Å². The van der Waals surface area contributed by atoms with Crippen LogP contribution in [-0.2, 0) is 4.79 Å². The van der Waals surface area contributed by atoms with E-state index >= 15 is 0 Å². The molecule has 16 heavy (non-hydrogen) atoms. The number of nitrogens with one attached hydrogen (secondary N) is 1. The van der Waals surface area contributed by atoms with Gasteiger partial charge in [0.2, 0.25) is 0 Å². The van der Waals surface area contributed by atoms with Gasteiger partial charge in [-0.05, 0) is 24.6 Å². The van der Waals surface area contributed by atoms with Crippen LogP contribution in [0.5, 0.6) is 0 Å². The standard InChI is InChI=1S/C13H26ClNO/c1-3-5-6-7-8-9-10-11-13(16)12(4-2)15-14/h12,15H,3-11H2,1-2H3. The van der Waals surface area contributed by atoms with E-state index in [1.54, 1.807) is 0 Å². The van der Waals surface area contributed by atoms with E-state index in [0.717, 1.165) is 12.8 Å². The number of carbonyl (C=O) groups is 1. The number of ketones is 1. The van der Waals surface area contributed by atoms with Crippen LogP contribution in [0.1, 0.15) is 71.6 Å². The third kappa shape index (κ3) is 8.12. The molecule has 0 spiro atoms. The van der Waals surface area contributed by atoms with E-state index < -0.39 is 0 Å². The predicted octanol–water partition coefficient (Wildman–Crippen LogP) is 4.22. The highest BCUT2D eigenvalue weighted by atomic mass is 35.5. The molecule has 0 saturated heterocycles. The topological polar surface area (TPSA) is 29.1 Å². The molecule has 96 valence electrons. The fourth-order valence-electron chi connectivity index (χ4n) is 1.80. The lowest BCUT2D eigenvalue weighted by atomic mass is 10.0. The summed E-state index contributed by atoms with van der Waals surface area (Å²) >= 11 is 5.49. The highest BCUT2D eigenvalue weighted by Gasteiger charge is 2.13. The van der Waals surface area contributed by atoms with Crippen LogP contribution in [-0.4, -0.2) is 11.8 Å². The Labute approximate surface area is 105 Å². The molecule has 0 aliphatic heterocycles. The zero-order valence-electron chi connectivity index (χ0n) is 10.7. The lowest BCUT2D eigenvalue weighted by molar-refractivity contribution is -0.120.